The normalized spacial score (nSPS) is 11.5. The first kappa shape index (κ1) is 20.8. The molecule has 0 radical (unpaired) electrons. The molecule has 7 nitrogen and oxygen atoms in total. The largest absolute Gasteiger partial charge is 0.492 e. The number of carbonyl (C=O) groups excluding carboxylic acids is 1. The Balaban J connectivity index is 2.25. The van der Waals surface area contributed by atoms with Gasteiger partial charge in [0, 0.05) is 19.0 Å². The minimum absolute atomic E-state index is 0.0143. The third-order valence-corrected chi connectivity index (χ3v) is 7.68. The van der Waals surface area contributed by atoms with Gasteiger partial charge in [-0.3, -0.25) is 0 Å². The summed E-state index contributed by atoms with van der Waals surface area (Å²) in [6, 6.07) is 4.21. The zero-order valence-corrected chi connectivity index (χ0v) is 17.3. The van der Waals surface area contributed by atoms with Crippen molar-refractivity contribution in [2.24, 2.45) is 0 Å². The predicted molar refractivity (Wildman–Crippen MR) is 105 cm³/mol. The number of anilines is 2. The molecule has 1 aromatic carbocycles. The number of methoxy groups -OCH3 is 1. The van der Waals surface area contributed by atoms with Crippen LogP contribution in [0.25, 0.3) is 0 Å². The van der Waals surface area contributed by atoms with Crippen molar-refractivity contribution < 1.29 is 17.9 Å². The number of amides is 2. The molecule has 2 amide bonds. The lowest BCUT2D eigenvalue weighted by Crippen LogP contribution is -2.26. The monoisotopic (exact) mass is 437 g/mol. The van der Waals surface area contributed by atoms with Crippen LogP contribution in [0.5, 0.6) is 5.75 Å². The molecule has 0 aliphatic heterocycles. The molecule has 142 valence electrons. The standard InChI is InChI=1S/C15H17Cl2N3O4S2/c1-4-20(2)26(22,23)14-13(24-3)11(8-25-14)19-15(21)18-10-7-5-6-9(16)12(10)17/h5-8H,4H2,1-3H3,(H2,18,19,21). The van der Waals surface area contributed by atoms with Crippen LogP contribution in [-0.4, -0.2) is 39.5 Å². The number of urea groups is 1. The predicted octanol–water partition coefficient (Wildman–Crippen LogP) is 4.35. The number of hydrogen-bond donors (Lipinski definition) is 2. The third-order valence-electron chi connectivity index (χ3n) is 3.46. The first-order chi connectivity index (χ1) is 12.2. The van der Waals surface area contributed by atoms with Gasteiger partial charge in [-0.15, -0.1) is 11.3 Å². The number of rotatable bonds is 6. The van der Waals surface area contributed by atoms with Gasteiger partial charge in [-0.2, -0.15) is 0 Å². The molecule has 0 aliphatic rings. The van der Waals surface area contributed by atoms with Gasteiger partial charge >= 0.3 is 6.03 Å². The Hall–Kier alpha value is -1.52. The maximum Gasteiger partial charge on any atom is 0.323 e. The molecule has 1 aromatic heterocycles. The fourth-order valence-corrected chi connectivity index (χ4v) is 5.08. The minimum atomic E-state index is -3.70. The number of ether oxygens (including phenoxy) is 1. The Kier molecular flexibility index (Phi) is 6.75. The topological polar surface area (TPSA) is 87.7 Å². The van der Waals surface area contributed by atoms with Crippen LogP contribution in [0.15, 0.2) is 27.8 Å². The van der Waals surface area contributed by atoms with Crippen molar-refractivity contribution in [3.63, 3.8) is 0 Å². The van der Waals surface area contributed by atoms with Gasteiger partial charge in [0.2, 0.25) is 0 Å². The summed E-state index contributed by atoms with van der Waals surface area (Å²) in [7, 11) is -0.896. The van der Waals surface area contributed by atoms with Crippen LogP contribution in [0, 0.1) is 0 Å². The van der Waals surface area contributed by atoms with Gasteiger partial charge in [0.05, 0.1) is 28.5 Å². The highest BCUT2D eigenvalue weighted by atomic mass is 35.5. The average Bonchev–Trinajstić information content (AvgIpc) is 3.01. The average molecular weight is 438 g/mol. The van der Waals surface area contributed by atoms with Crippen LogP contribution in [0.2, 0.25) is 10.0 Å². The van der Waals surface area contributed by atoms with Gasteiger partial charge in [-0.1, -0.05) is 36.2 Å². The highest BCUT2D eigenvalue weighted by Crippen LogP contribution is 2.40. The zero-order chi connectivity index (χ0) is 19.5. The van der Waals surface area contributed by atoms with Crippen molar-refractivity contribution in [3.05, 3.63) is 33.6 Å². The molecule has 0 saturated heterocycles. The molecule has 0 unspecified atom stereocenters. The molecule has 1 heterocycles. The lowest BCUT2D eigenvalue weighted by atomic mass is 10.3. The summed E-state index contributed by atoms with van der Waals surface area (Å²) in [5.74, 6) is 0.0719. The quantitative estimate of drug-likeness (QED) is 0.702. The molecule has 0 aliphatic carbocycles. The maximum atomic E-state index is 12.5. The van der Waals surface area contributed by atoms with E-state index in [4.69, 9.17) is 27.9 Å². The van der Waals surface area contributed by atoms with E-state index in [2.05, 4.69) is 10.6 Å². The van der Waals surface area contributed by atoms with Gasteiger partial charge in [0.1, 0.15) is 0 Å². The van der Waals surface area contributed by atoms with Gasteiger partial charge in [0.15, 0.2) is 9.96 Å². The van der Waals surface area contributed by atoms with Gasteiger partial charge < -0.3 is 15.4 Å². The van der Waals surface area contributed by atoms with Crippen molar-refractivity contribution in [1.82, 2.24) is 4.31 Å². The third kappa shape index (κ3) is 4.24. The lowest BCUT2D eigenvalue weighted by Gasteiger charge is -2.15. The van der Waals surface area contributed by atoms with Crippen LogP contribution in [0.1, 0.15) is 6.92 Å². The second kappa shape index (κ2) is 8.45. The highest BCUT2D eigenvalue weighted by molar-refractivity contribution is 7.91. The first-order valence-corrected chi connectivity index (χ1v) is 10.4. The fraction of sp³-hybridized carbons (Fsp3) is 0.267. The Morgan fingerprint density at radius 1 is 1.27 bits per heavy atom. The van der Waals surface area contributed by atoms with E-state index in [0.29, 0.717) is 17.3 Å². The zero-order valence-electron chi connectivity index (χ0n) is 14.2. The number of nitrogens with zero attached hydrogens (tertiary/aromatic N) is 1. The van der Waals surface area contributed by atoms with Gasteiger partial charge in [0.25, 0.3) is 10.0 Å². The van der Waals surface area contributed by atoms with Crippen LogP contribution in [0.4, 0.5) is 16.2 Å². The molecule has 0 saturated carbocycles. The molecular weight excluding hydrogens is 421 g/mol. The molecule has 2 N–H and O–H groups in total. The highest BCUT2D eigenvalue weighted by Gasteiger charge is 2.28. The number of hydrogen-bond acceptors (Lipinski definition) is 5. The van der Waals surface area contributed by atoms with E-state index in [9.17, 15) is 13.2 Å². The summed E-state index contributed by atoms with van der Waals surface area (Å²) in [5, 5.41) is 7.11. The van der Waals surface area contributed by atoms with E-state index >= 15 is 0 Å². The summed E-state index contributed by atoms with van der Waals surface area (Å²) < 4.78 is 31.4. The van der Waals surface area contributed by atoms with Crippen molar-refractivity contribution in [2.45, 2.75) is 11.1 Å². The number of halogens is 2. The van der Waals surface area contributed by atoms with E-state index in [1.165, 1.54) is 23.8 Å². The molecular formula is C15H17Cl2N3O4S2. The van der Waals surface area contributed by atoms with E-state index in [-0.39, 0.29) is 20.7 Å². The number of carbonyl (C=O) groups is 1. The van der Waals surface area contributed by atoms with E-state index < -0.39 is 16.1 Å². The van der Waals surface area contributed by atoms with Crippen LogP contribution in [0.3, 0.4) is 0 Å². The lowest BCUT2D eigenvalue weighted by molar-refractivity contribution is 0.262. The molecule has 2 aromatic rings. The Morgan fingerprint density at radius 3 is 2.54 bits per heavy atom. The van der Waals surface area contributed by atoms with E-state index in [0.717, 1.165) is 11.3 Å². The Bertz CT molecular complexity index is 916. The summed E-state index contributed by atoms with van der Waals surface area (Å²) in [6.45, 7) is 2.03. The molecule has 2 rings (SSSR count). The van der Waals surface area contributed by atoms with Crippen molar-refractivity contribution in [3.8, 4) is 5.75 Å². The maximum absolute atomic E-state index is 12.5. The van der Waals surface area contributed by atoms with Gasteiger partial charge in [-0.05, 0) is 12.1 Å². The molecule has 0 spiro atoms. The van der Waals surface area contributed by atoms with Crippen molar-refractivity contribution >= 4 is 62.0 Å². The first-order valence-electron chi connectivity index (χ1n) is 7.36. The van der Waals surface area contributed by atoms with E-state index in [1.807, 2.05) is 0 Å². The van der Waals surface area contributed by atoms with Crippen LogP contribution >= 0.6 is 34.5 Å². The van der Waals surface area contributed by atoms with Crippen LogP contribution in [-0.2, 0) is 10.0 Å². The molecule has 11 heteroatoms. The van der Waals surface area contributed by atoms with E-state index in [1.54, 1.807) is 25.1 Å². The summed E-state index contributed by atoms with van der Waals surface area (Å²) in [4.78, 5) is 12.2. The molecule has 0 fully saturated rings. The second-order valence-corrected chi connectivity index (χ2v) is 8.97. The minimum Gasteiger partial charge on any atom is -0.492 e. The number of benzene rings is 1. The molecule has 0 atom stereocenters. The summed E-state index contributed by atoms with van der Waals surface area (Å²) in [6.07, 6.45) is 0. The van der Waals surface area contributed by atoms with Crippen molar-refractivity contribution in [1.29, 1.82) is 0 Å². The molecule has 26 heavy (non-hydrogen) atoms. The second-order valence-electron chi connectivity index (χ2n) is 5.07. The van der Waals surface area contributed by atoms with Crippen molar-refractivity contribution in [2.75, 3.05) is 31.3 Å². The number of nitrogens with one attached hydrogen (secondary N) is 2. The number of sulfonamides is 1. The summed E-state index contributed by atoms with van der Waals surface area (Å²) >= 11 is 12.9. The smallest absolute Gasteiger partial charge is 0.323 e. The van der Waals surface area contributed by atoms with Crippen LogP contribution < -0.4 is 15.4 Å². The summed E-state index contributed by atoms with van der Waals surface area (Å²) in [5.41, 5.74) is 0.556. The SMILES string of the molecule is CCN(C)S(=O)(=O)c1scc(NC(=O)Nc2cccc(Cl)c2Cl)c1OC. The van der Waals surface area contributed by atoms with Gasteiger partial charge in [-0.25, -0.2) is 17.5 Å². The Morgan fingerprint density at radius 2 is 1.92 bits per heavy atom. The fourth-order valence-electron chi connectivity index (χ4n) is 1.97. The molecule has 0 bridgehead atoms. The Labute approximate surface area is 165 Å². The number of thiophene rings is 1.